The first kappa shape index (κ1) is 23.6. The summed E-state index contributed by atoms with van der Waals surface area (Å²) in [4.78, 5) is 37.4. The average Bonchev–Trinajstić information content (AvgIpc) is 2.85. The van der Waals surface area contributed by atoms with Crippen molar-refractivity contribution >= 4 is 18.1 Å². The van der Waals surface area contributed by atoms with Crippen molar-refractivity contribution in [3.05, 3.63) is 59.2 Å². The lowest BCUT2D eigenvalue weighted by Gasteiger charge is -2.33. The molecule has 2 aliphatic heterocycles. The third-order valence-corrected chi connectivity index (χ3v) is 5.78. The first-order valence-electron chi connectivity index (χ1n) is 10.7. The number of hydrogen-bond donors (Lipinski definition) is 0. The number of hydrogen-bond acceptors (Lipinski definition) is 5. The smallest absolute Gasteiger partial charge is 0.417 e. The molecule has 0 bridgehead atoms. The van der Waals surface area contributed by atoms with Crippen LogP contribution in [0.25, 0.3) is 17.2 Å². The van der Waals surface area contributed by atoms with E-state index in [2.05, 4.69) is 4.74 Å². The maximum absolute atomic E-state index is 13.9. The van der Waals surface area contributed by atoms with E-state index in [1.807, 2.05) is 0 Å². The molecule has 2 amide bonds. The van der Waals surface area contributed by atoms with Crippen LogP contribution >= 0.6 is 0 Å². The summed E-state index contributed by atoms with van der Waals surface area (Å²) >= 11 is 0. The summed E-state index contributed by atoms with van der Waals surface area (Å²) in [5.74, 6) is 0.127. The highest BCUT2D eigenvalue weighted by Crippen LogP contribution is 2.41. The van der Waals surface area contributed by atoms with E-state index in [9.17, 15) is 22.8 Å². The summed E-state index contributed by atoms with van der Waals surface area (Å²) in [5.41, 5.74) is 0.584. The van der Waals surface area contributed by atoms with Gasteiger partial charge in [-0.3, -0.25) is 4.79 Å². The van der Waals surface area contributed by atoms with Gasteiger partial charge in [0.15, 0.2) is 5.75 Å². The van der Waals surface area contributed by atoms with Gasteiger partial charge < -0.3 is 19.4 Å². The summed E-state index contributed by atoms with van der Waals surface area (Å²) in [6.07, 6.45) is -1.86. The number of alkyl halides is 3. The Labute approximate surface area is 194 Å². The number of fused-ring (bicyclic) bond motifs is 1. The van der Waals surface area contributed by atoms with Crippen LogP contribution in [0.15, 0.2) is 42.5 Å². The minimum atomic E-state index is -4.58. The molecule has 34 heavy (non-hydrogen) atoms. The third-order valence-electron chi connectivity index (χ3n) is 5.78. The Hall–Kier alpha value is -3.53. The van der Waals surface area contributed by atoms with Crippen LogP contribution in [0.2, 0.25) is 0 Å². The van der Waals surface area contributed by atoms with Crippen molar-refractivity contribution in [2.75, 3.05) is 39.9 Å². The van der Waals surface area contributed by atoms with Gasteiger partial charge in [0.05, 0.1) is 19.3 Å². The lowest BCUT2D eigenvalue weighted by molar-refractivity contribution is -0.215. The van der Waals surface area contributed by atoms with Gasteiger partial charge in [-0.15, -0.1) is 0 Å². The Kier molecular flexibility index (Phi) is 6.78. The fraction of sp³-hybridized carbons (Fsp3) is 0.333. The Bertz CT molecular complexity index is 1110. The van der Waals surface area contributed by atoms with Crippen LogP contribution in [-0.4, -0.2) is 61.7 Å². The molecule has 2 aromatic rings. The number of carbonyl (C=O) groups is 2. The molecule has 10 heteroatoms. The predicted molar refractivity (Wildman–Crippen MR) is 117 cm³/mol. The lowest BCUT2D eigenvalue weighted by Crippen LogP contribution is -2.50. The van der Waals surface area contributed by atoms with Gasteiger partial charge in [-0.1, -0.05) is 18.2 Å². The standard InChI is InChI=1S/C24H23F3N2O5/c1-32-23(31)29-12-10-28(11-13-29)21(30)8-6-16-3-2-4-19(24(25,26)27)22(16)18-5-7-20-17(15-18)9-14-33-34-20/h2-8,15H,9-14H2,1H3/b8-6+. The molecule has 0 unspecified atom stereocenters. The Morgan fingerprint density at radius 2 is 1.79 bits per heavy atom. The van der Waals surface area contributed by atoms with Crippen molar-refractivity contribution < 1.29 is 37.3 Å². The minimum Gasteiger partial charge on any atom is -0.453 e. The number of amides is 2. The second-order valence-electron chi connectivity index (χ2n) is 7.86. The van der Waals surface area contributed by atoms with E-state index in [-0.39, 0.29) is 17.0 Å². The topological polar surface area (TPSA) is 68.3 Å². The second kappa shape index (κ2) is 9.76. The normalized spacial score (nSPS) is 16.2. The molecule has 4 rings (SSSR count). The molecule has 0 aromatic heterocycles. The summed E-state index contributed by atoms with van der Waals surface area (Å²) in [7, 11) is 1.29. The number of nitrogens with zero attached hydrogens (tertiary/aromatic N) is 2. The van der Waals surface area contributed by atoms with E-state index >= 15 is 0 Å². The zero-order valence-corrected chi connectivity index (χ0v) is 18.4. The largest absolute Gasteiger partial charge is 0.453 e. The molecular formula is C24H23F3N2O5. The second-order valence-corrected chi connectivity index (χ2v) is 7.86. The number of ether oxygens (including phenoxy) is 1. The van der Waals surface area contributed by atoms with Gasteiger partial charge >= 0.3 is 12.3 Å². The van der Waals surface area contributed by atoms with Gasteiger partial charge in [-0.2, -0.15) is 18.1 Å². The molecule has 2 heterocycles. The molecule has 7 nitrogen and oxygen atoms in total. The zero-order chi connectivity index (χ0) is 24.3. The molecule has 0 aliphatic carbocycles. The molecule has 2 aromatic carbocycles. The molecular weight excluding hydrogens is 453 g/mol. The highest BCUT2D eigenvalue weighted by atomic mass is 19.4. The van der Waals surface area contributed by atoms with Crippen LogP contribution in [0.1, 0.15) is 16.7 Å². The average molecular weight is 476 g/mol. The van der Waals surface area contributed by atoms with Gasteiger partial charge in [0.25, 0.3) is 0 Å². The van der Waals surface area contributed by atoms with Gasteiger partial charge in [-0.25, -0.2) is 4.79 Å². The van der Waals surface area contributed by atoms with Gasteiger partial charge in [0, 0.05) is 49.8 Å². The zero-order valence-electron chi connectivity index (χ0n) is 18.4. The van der Waals surface area contributed by atoms with Crippen LogP contribution in [-0.2, 0) is 27.0 Å². The predicted octanol–water partition coefficient (Wildman–Crippen LogP) is 4.16. The first-order chi connectivity index (χ1) is 16.3. The van der Waals surface area contributed by atoms with Crippen LogP contribution in [0.5, 0.6) is 5.75 Å². The summed E-state index contributed by atoms with van der Waals surface area (Å²) < 4.78 is 46.3. The summed E-state index contributed by atoms with van der Waals surface area (Å²) in [6.45, 7) is 1.56. The fourth-order valence-corrected chi connectivity index (χ4v) is 4.04. The molecule has 0 N–H and O–H groups in total. The maximum atomic E-state index is 13.9. The number of methoxy groups -OCH3 is 1. The fourth-order valence-electron chi connectivity index (χ4n) is 4.04. The van der Waals surface area contributed by atoms with Crippen molar-refractivity contribution in [1.29, 1.82) is 0 Å². The molecule has 0 spiro atoms. The number of benzene rings is 2. The van der Waals surface area contributed by atoms with Crippen molar-refractivity contribution in [1.82, 2.24) is 9.80 Å². The molecule has 1 saturated heterocycles. The van der Waals surface area contributed by atoms with Crippen molar-refractivity contribution in [3.8, 4) is 16.9 Å². The van der Waals surface area contributed by atoms with Crippen molar-refractivity contribution in [2.45, 2.75) is 12.6 Å². The monoisotopic (exact) mass is 476 g/mol. The van der Waals surface area contributed by atoms with Crippen molar-refractivity contribution in [3.63, 3.8) is 0 Å². The number of rotatable bonds is 3. The van der Waals surface area contributed by atoms with Crippen LogP contribution in [0.3, 0.4) is 0 Å². The SMILES string of the molecule is COC(=O)N1CCN(C(=O)/C=C/c2cccc(C(F)(F)F)c2-c2ccc3c(c2)CCOO3)CC1. The van der Waals surface area contributed by atoms with Crippen LogP contribution < -0.4 is 4.89 Å². The summed E-state index contributed by atoms with van der Waals surface area (Å²) in [6, 6.07) is 8.68. The van der Waals surface area contributed by atoms with E-state index in [0.29, 0.717) is 50.5 Å². The molecule has 1 fully saturated rings. The van der Waals surface area contributed by atoms with Gasteiger partial charge in [0.1, 0.15) is 0 Å². The Morgan fingerprint density at radius 3 is 2.50 bits per heavy atom. The van der Waals surface area contributed by atoms with Crippen molar-refractivity contribution in [2.24, 2.45) is 0 Å². The molecule has 2 aliphatic rings. The van der Waals surface area contributed by atoms with Crippen LogP contribution in [0, 0.1) is 0 Å². The third kappa shape index (κ3) is 5.01. The van der Waals surface area contributed by atoms with E-state index in [4.69, 9.17) is 9.78 Å². The molecule has 180 valence electrons. The van der Waals surface area contributed by atoms with E-state index < -0.39 is 17.8 Å². The van der Waals surface area contributed by atoms with E-state index in [1.54, 1.807) is 29.2 Å². The van der Waals surface area contributed by atoms with Gasteiger partial charge in [0.2, 0.25) is 5.91 Å². The number of carbonyl (C=O) groups excluding carboxylic acids is 2. The quantitative estimate of drug-likeness (QED) is 0.492. The minimum absolute atomic E-state index is 0.0103. The van der Waals surface area contributed by atoms with E-state index in [0.717, 1.165) is 11.6 Å². The molecule has 0 radical (unpaired) electrons. The maximum Gasteiger partial charge on any atom is 0.417 e. The Balaban J connectivity index is 1.62. The molecule has 0 atom stereocenters. The van der Waals surface area contributed by atoms with Crippen LogP contribution in [0.4, 0.5) is 18.0 Å². The number of halogens is 3. The highest BCUT2D eigenvalue weighted by molar-refractivity contribution is 5.93. The highest BCUT2D eigenvalue weighted by Gasteiger charge is 2.34. The first-order valence-corrected chi connectivity index (χ1v) is 10.7. The summed E-state index contributed by atoms with van der Waals surface area (Å²) in [5, 5.41) is 0. The Morgan fingerprint density at radius 1 is 1.06 bits per heavy atom. The van der Waals surface area contributed by atoms with Gasteiger partial charge in [-0.05, 0) is 35.4 Å². The number of piperazine rings is 1. The lowest BCUT2D eigenvalue weighted by atomic mass is 9.92. The van der Waals surface area contributed by atoms with E-state index in [1.165, 1.54) is 30.2 Å². The molecule has 0 saturated carbocycles.